The zero-order valence-electron chi connectivity index (χ0n) is 15.0. The van der Waals surface area contributed by atoms with Gasteiger partial charge in [-0.1, -0.05) is 24.3 Å². The summed E-state index contributed by atoms with van der Waals surface area (Å²) in [6, 6.07) is 14.0. The summed E-state index contributed by atoms with van der Waals surface area (Å²) in [6.45, 7) is 0. The molecule has 1 aromatic heterocycles. The Balaban J connectivity index is 1.95. The normalized spacial score (nSPS) is 11.8. The van der Waals surface area contributed by atoms with Crippen LogP contribution in [0.15, 0.2) is 60.9 Å². The third-order valence-electron chi connectivity index (χ3n) is 4.28. The molecule has 0 saturated heterocycles. The Kier molecular flexibility index (Phi) is 4.93. The van der Waals surface area contributed by atoms with E-state index in [1.165, 1.54) is 6.07 Å². The van der Waals surface area contributed by atoms with Gasteiger partial charge in [0.2, 0.25) is 0 Å². The van der Waals surface area contributed by atoms with Crippen LogP contribution in [-0.2, 0) is 7.05 Å². The summed E-state index contributed by atoms with van der Waals surface area (Å²) in [6.07, 6.45) is 3.53. The van der Waals surface area contributed by atoms with Crippen molar-refractivity contribution in [3.63, 3.8) is 0 Å². The lowest BCUT2D eigenvalue weighted by molar-refractivity contribution is 0.0938. The minimum absolute atomic E-state index is 0.0495. The number of amides is 1. The Hall–Kier alpha value is -3.28. The standard InChI is InChI=1S/C20H22N4O2/c1-23(2)15-10-8-14(9-11-15)18(19-21-12-13-24(19)3)22-20(26)16-6-4-5-7-17(16)25/h4-13,18,25H,1-3H3,(H,22,26). The van der Waals surface area contributed by atoms with Gasteiger partial charge in [0, 0.05) is 39.2 Å². The summed E-state index contributed by atoms with van der Waals surface area (Å²) in [4.78, 5) is 19.1. The molecule has 0 spiro atoms. The number of carbonyl (C=O) groups excluding carboxylic acids is 1. The molecule has 1 atom stereocenters. The smallest absolute Gasteiger partial charge is 0.255 e. The van der Waals surface area contributed by atoms with E-state index in [1.54, 1.807) is 24.4 Å². The Morgan fingerprint density at radius 3 is 2.42 bits per heavy atom. The number of nitrogens with one attached hydrogen (secondary N) is 1. The van der Waals surface area contributed by atoms with Crippen molar-refractivity contribution in [2.45, 2.75) is 6.04 Å². The van der Waals surface area contributed by atoms with Gasteiger partial charge in [-0.25, -0.2) is 4.98 Å². The second-order valence-electron chi connectivity index (χ2n) is 6.31. The van der Waals surface area contributed by atoms with Crippen molar-refractivity contribution in [2.24, 2.45) is 7.05 Å². The first-order valence-electron chi connectivity index (χ1n) is 8.30. The van der Waals surface area contributed by atoms with Crippen LogP contribution in [0.4, 0.5) is 5.69 Å². The number of aryl methyl sites for hydroxylation is 1. The molecule has 3 rings (SSSR count). The van der Waals surface area contributed by atoms with Gasteiger partial charge in [0.25, 0.3) is 5.91 Å². The number of para-hydroxylation sites is 1. The van der Waals surface area contributed by atoms with E-state index in [-0.39, 0.29) is 17.2 Å². The highest BCUT2D eigenvalue weighted by Crippen LogP contribution is 2.24. The van der Waals surface area contributed by atoms with Crippen LogP contribution in [0.2, 0.25) is 0 Å². The molecule has 0 aliphatic heterocycles. The third-order valence-corrected chi connectivity index (χ3v) is 4.28. The van der Waals surface area contributed by atoms with Crippen molar-refractivity contribution in [1.29, 1.82) is 0 Å². The van der Waals surface area contributed by atoms with Gasteiger partial charge in [-0.2, -0.15) is 0 Å². The van der Waals surface area contributed by atoms with Gasteiger partial charge in [0.1, 0.15) is 17.6 Å². The molecular weight excluding hydrogens is 328 g/mol. The number of phenols is 1. The van der Waals surface area contributed by atoms with Gasteiger partial charge in [-0.05, 0) is 29.8 Å². The maximum atomic E-state index is 12.7. The number of rotatable bonds is 5. The number of benzene rings is 2. The maximum Gasteiger partial charge on any atom is 0.255 e. The minimum atomic E-state index is -0.432. The minimum Gasteiger partial charge on any atom is -0.507 e. The monoisotopic (exact) mass is 350 g/mol. The van der Waals surface area contributed by atoms with E-state index in [0.717, 1.165) is 11.3 Å². The molecule has 134 valence electrons. The highest BCUT2D eigenvalue weighted by molar-refractivity contribution is 5.97. The summed E-state index contributed by atoms with van der Waals surface area (Å²) in [5, 5.41) is 12.9. The molecular formula is C20H22N4O2. The van der Waals surface area contributed by atoms with Crippen molar-refractivity contribution in [1.82, 2.24) is 14.9 Å². The van der Waals surface area contributed by atoms with E-state index in [1.807, 2.05) is 61.1 Å². The Bertz CT molecular complexity index is 900. The molecule has 1 amide bonds. The first-order valence-corrected chi connectivity index (χ1v) is 8.30. The summed E-state index contributed by atoms with van der Waals surface area (Å²) in [7, 11) is 5.84. The number of phenolic OH excluding ortho intramolecular Hbond substituents is 1. The number of aromatic hydroxyl groups is 1. The quantitative estimate of drug-likeness (QED) is 0.742. The second kappa shape index (κ2) is 7.31. The lowest BCUT2D eigenvalue weighted by Crippen LogP contribution is -2.31. The van der Waals surface area contributed by atoms with E-state index in [4.69, 9.17) is 0 Å². The number of imidazole rings is 1. The second-order valence-corrected chi connectivity index (χ2v) is 6.31. The third kappa shape index (κ3) is 3.54. The molecule has 1 heterocycles. The van der Waals surface area contributed by atoms with E-state index in [2.05, 4.69) is 10.3 Å². The first kappa shape index (κ1) is 17.5. The molecule has 6 nitrogen and oxygen atoms in total. The summed E-state index contributed by atoms with van der Waals surface area (Å²) in [5.74, 6) is 0.311. The zero-order chi connectivity index (χ0) is 18.7. The van der Waals surface area contributed by atoms with E-state index in [0.29, 0.717) is 5.82 Å². The molecule has 26 heavy (non-hydrogen) atoms. The maximum absolute atomic E-state index is 12.7. The fourth-order valence-corrected chi connectivity index (χ4v) is 2.79. The van der Waals surface area contributed by atoms with Crippen molar-refractivity contribution >= 4 is 11.6 Å². The van der Waals surface area contributed by atoms with Gasteiger partial charge in [0.05, 0.1) is 5.56 Å². The average molecular weight is 350 g/mol. The summed E-state index contributed by atoms with van der Waals surface area (Å²) in [5.41, 5.74) is 2.21. The van der Waals surface area contributed by atoms with Crippen molar-refractivity contribution < 1.29 is 9.90 Å². The lowest BCUT2D eigenvalue weighted by Gasteiger charge is -2.21. The van der Waals surface area contributed by atoms with Crippen LogP contribution < -0.4 is 10.2 Å². The highest BCUT2D eigenvalue weighted by Gasteiger charge is 2.22. The molecule has 2 N–H and O–H groups in total. The Morgan fingerprint density at radius 1 is 1.15 bits per heavy atom. The molecule has 0 bridgehead atoms. The molecule has 0 aliphatic rings. The van der Waals surface area contributed by atoms with Crippen molar-refractivity contribution in [3.8, 4) is 5.75 Å². The Morgan fingerprint density at radius 2 is 1.85 bits per heavy atom. The van der Waals surface area contributed by atoms with Gasteiger partial charge >= 0.3 is 0 Å². The number of hydrogen-bond donors (Lipinski definition) is 2. The topological polar surface area (TPSA) is 70.4 Å². The van der Waals surface area contributed by atoms with Gasteiger partial charge in [0.15, 0.2) is 0 Å². The van der Waals surface area contributed by atoms with Crippen molar-refractivity contribution in [2.75, 3.05) is 19.0 Å². The molecule has 1 unspecified atom stereocenters. The van der Waals surface area contributed by atoms with Gasteiger partial charge in [-0.3, -0.25) is 4.79 Å². The van der Waals surface area contributed by atoms with Crippen LogP contribution in [0.1, 0.15) is 27.8 Å². The van der Waals surface area contributed by atoms with Crippen LogP contribution in [-0.4, -0.2) is 34.7 Å². The molecule has 6 heteroatoms. The predicted molar refractivity (Wildman–Crippen MR) is 101 cm³/mol. The number of nitrogens with zero attached hydrogens (tertiary/aromatic N) is 3. The fourth-order valence-electron chi connectivity index (χ4n) is 2.79. The molecule has 2 aromatic carbocycles. The summed E-state index contributed by atoms with van der Waals surface area (Å²) >= 11 is 0. The molecule has 0 fully saturated rings. The lowest BCUT2D eigenvalue weighted by atomic mass is 10.0. The fraction of sp³-hybridized carbons (Fsp3) is 0.200. The van der Waals surface area contributed by atoms with E-state index in [9.17, 15) is 9.90 Å². The van der Waals surface area contributed by atoms with Crippen LogP contribution in [0.25, 0.3) is 0 Å². The average Bonchev–Trinajstić information content (AvgIpc) is 3.05. The first-order chi connectivity index (χ1) is 12.5. The molecule has 0 saturated carbocycles. The molecule has 3 aromatic rings. The molecule has 0 aliphatic carbocycles. The van der Waals surface area contributed by atoms with Crippen LogP contribution >= 0.6 is 0 Å². The van der Waals surface area contributed by atoms with Crippen LogP contribution in [0.5, 0.6) is 5.75 Å². The zero-order valence-corrected chi connectivity index (χ0v) is 15.0. The van der Waals surface area contributed by atoms with Crippen LogP contribution in [0.3, 0.4) is 0 Å². The van der Waals surface area contributed by atoms with E-state index < -0.39 is 6.04 Å². The van der Waals surface area contributed by atoms with Crippen molar-refractivity contribution in [3.05, 3.63) is 77.9 Å². The predicted octanol–water partition coefficient (Wildman–Crippen LogP) is 2.71. The van der Waals surface area contributed by atoms with E-state index >= 15 is 0 Å². The number of anilines is 1. The number of hydrogen-bond acceptors (Lipinski definition) is 4. The SMILES string of the molecule is CN(C)c1ccc(C(NC(=O)c2ccccc2O)c2nccn2C)cc1. The van der Waals surface area contributed by atoms with Gasteiger partial charge < -0.3 is 19.9 Å². The Labute approximate surface area is 152 Å². The molecule has 0 radical (unpaired) electrons. The largest absolute Gasteiger partial charge is 0.507 e. The highest BCUT2D eigenvalue weighted by atomic mass is 16.3. The number of carbonyl (C=O) groups is 1. The summed E-state index contributed by atoms with van der Waals surface area (Å²) < 4.78 is 1.87. The number of aromatic nitrogens is 2. The van der Waals surface area contributed by atoms with Crippen LogP contribution in [0, 0.1) is 0 Å². The van der Waals surface area contributed by atoms with Gasteiger partial charge in [-0.15, -0.1) is 0 Å².